The van der Waals surface area contributed by atoms with Crippen molar-refractivity contribution in [3.63, 3.8) is 0 Å². The van der Waals surface area contributed by atoms with Gasteiger partial charge >= 0.3 is 5.97 Å². The quantitative estimate of drug-likeness (QED) is 0.585. The van der Waals surface area contributed by atoms with E-state index in [0.717, 1.165) is 12.0 Å². The number of ketones is 1. The first kappa shape index (κ1) is 20.1. The third-order valence-electron chi connectivity index (χ3n) is 6.66. The van der Waals surface area contributed by atoms with Crippen LogP contribution in [0.4, 0.5) is 0 Å². The van der Waals surface area contributed by atoms with Crippen LogP contribution in [0.3, 0.4) is 0 Å². The van der Waals surface area contributed by atoms with Gasteiger partial charge < -0.3 is 14.6 Å². The van der Waals surface area contributed by atoms with Crippen LogP contribution >= 0.6 is 0 Å². The number of carbonyl (C=O) groups is 2. The fourth-order valence-electron chi connectivity index (χ4n) is 4.75. The molecule has 3 rings (SSSR count). The maximum absolute atomic E-state index is 12.9. The zero-order valence-corrected chi connectivity index (χ0v) is 17.1. The number of ether oxygens (including phenoxy) is 2. The number of hydrogen-bond donors (Lipinski definition) is 1. The van der Waals surface area contributed by atoms with Crippen LogP contribution in [0, 0.1) is 11.8 Å². The molecule has 0 aromatic carbocycles. The van der Waals surface area contributed by atoms with Crippen molar-refractivity contribution in [2.24, 2.45) is 11.8 Å². The van der Waals surface area contributed by atoms with E-state index in [2.05, 4.69) is 6.08 Å². The highest BCUT2D eigenvalue weighted by atomic mass is 16.6. The lowest BCUT2D eigenvalue weighted by molar-refractivity contribution is -0.168. The minimum absolute atomic E-state index is 0.0267. The van der Waals surface area contributed by atoms with Crippen LogP contribution in [-0.2, 0) is 19.1 Å². The number of aliphatic hydroxyl groups is 1. The lowest BCUT2D eigenvalue weighted by Crippen LogP contribution is -2.49. The molecule has 1 aliphatic carbocycles. The minimum atomic E-state index is -0.951. The average Bonchev–Trinajstić information content (AvgIpc) is 2.67. The molecule has 2 heterocycles. The molecule has 27 heavy (non-hydrogen) atoms. The smallest absolute Gasteiger partial charge is 0.303 e. The van der Waals surface area contributed by atoms with Gasteiger partial charge in [-0.05, 0) is 51.9 Å². The molecule has 0 saturated carbocycles. The van der Waals surface area contributed by atoms with Crippen LogP contribution in [0.2, 0.25) is 0 Å². The Morgan fingerprint density at radius 1 is 1.30 bits per heavy atom. The lowest BCUT2D eigenvalue weighted by Gasteiger charge is -2.45. The Morgan fingerprint density at radius 3 is 2.63 bits per heavy atom. The molecule has 0 saturated heterocycles. The first-order valence-electron chi connectivity index (χ1n) is 10.1. The molecule has 0 aromatic heterocycles. The van der Waals surface area contributed by atoms with E-state index >= 15 is 0 Å². The molecule has 0 amide bonds. The Morgan fingerprint density at radius 2 is 2.00 bits per heavy atom. The number of fused-ring (bicyclic) bond motifs is 1. The number of rotatable bonds is 2. The van der Waals surface area contributed by atoms with Gasteiger partial charge in [-0.2, -0.15) is 0 Å². The van der Waals surface area contributed by atoms with E-state index in [0.29, 0.717) is 43.4 Å². The third kappa shape index (κ3) is 3.58. The summed E-state index contributed by atoms with van der Waals surface area (Å²) in [7, 11) is 0. The molecule has 5 nitrogen and oxygen atoms in total. The van der Waals surface area contributed by atoms with Gasteiger partial charge in [-0.15, -0.1) is 0 Å². The second-order valence-corrected chi connectivity index (χ2v) is 8.95. The van der Waals surface area contributed by atoms with Crippen molar-refractivity contribution in [2.45, 2.75) is 90.4 Å². The zero-order chi connectivity index (χ0) is 20.0. The summed E-state index contributed by atoms with van der Waals surface area (Å²) in [6, 6.07) is 0. The van der Waals surface area contributed by atoms with Crippen LogP contribution in [0.1, 0.15) is 73.1 Å². The van der Waals surface area contributed by atoms with Gasteiger partial charge in [-0.3, -0.25) is 9.59 Å². The maximum Gasteiger partial charge on any atom is 0.303 e. The topological polar surface area (TPSA) is 72.8 Å². The van der Waals surface area contributed by atoms with E-state index in [1.165, 1.54) is 6.92 Å². The van der Waals surface area contributed by atoms with E-state index in [1.54, 1.807) is 0 Å². The molecular weight excluding hydrogens is 344 g/mol. The predicted molar refractivity (Wildman–Crippen MR) is 102 cm³/mol. The molecule has 2 aliphatic heterocycles. The molecule has 0 aromatic rings. The van der Waals surface area contributed by atoms with Gasteiger partial charge in [0.1, 0.15) is 17.5 Å². The Kier molecular flexibility index (Phi) is 5.28. The average molecular weight is 376 g/mol. The molecule has 5 heteroatoms. The summed E-state index contributed by atoms with van der Waals surface area (Å²) < 4.78 is 12.2. The van der Waals surface area contributed by atoms with Gasteiger partial charge in [-0.1, -0.05) is 25.5 Å². The van der Waals surface area contributed by atoms with Crippen LogP contribution in [0.5, 0.6) is 0 Å². The van der Waals surface area contributed by atoms with Crippen molar-refractivity contribution in [1.29, 1.82) is 0 Å². The highest BCUT2D eigenvalue weighted by Gasteiger charge is 2.51. The summed E-state index contributed by atoms with van der Waals surface area (Å²) in [5.41, 5.74) is 0.106. The monoisotopic (exact) mass is 376 g/mol. The van der Waals surface area contributed by atoms with Crippen LogP contribution in [-0.4, -0.2) is 34.2 Å². The predicted octanol–water partition coefficient (Wildman–Crippen LogP) is 3.85. The Labute approximate surface area is 161 Å². The van der Waals surface area contributed by atoms with E-state index in [1.807, 2.05) is 27.7 Å². The molecule has 4 atom stereocenters. The molecule has 3 aliphatic rings. The van der Waals surface area contributed by atoms with Crippen molar-refractivity contribution in [3.05, 3.63) is 23.0 Å². The van der Waals surface area contributed by atoms with Gasteiger partial charge in [0, 0.05) is 18.9 Å². The number of hydrogen-bond acceptors (Lipinski definition) is 5. The molecule has 0 radical (unpaired) electrons. The van der Waals surface area contributed by atoms with Gasteiger partial charge in [0.05, 0.1) is 11.5 Å². The van der Waals surface area contributed by atoms with Gasteiger partial charge in [0.25, 0.3) is 0 Å². The number of esters is 1. The van der Waals surface area contributed by atoms with Gasteiger partial charge in [0.2, 0.25) is 0 Å². The fourth-order valence-corrected chi connectivity index (χ4v) is 4.75. The van der Waals surface area contributed by atoms with Gasteiger partial charge in [-0.25, -0.2) is 0 Å². The third-order valence-corrected chi connectivity index (χ3v) is 6.66. The van der Waals surface area contributed by atoms with Crippen molar-refractivity contribution in [2.75, 3.05) is 0 Å². The van der Waals surface area contributed by atoms with Crippen LogP contribution in [0.25, 0.3) is 0 Å². The van der Waals surface area contributed by atoms with E-state index in [4.69, 9.17) is 9.47 Å². The second kappa shape index (κ2) is 7.08. The first-order chi connectivity index (χ1) is 12.6. The zero-order valence-electron chi connectivity index (χ0n) is 17.1. The van der Waals surface area contributed by atoms with Gasteiger partial charge in [0.15, 0.2) is 5.78 Å². The Bertz CT molecular complexity index is 703. The first-order valence-corrected chi connectivity index (χ1v) is 10.1. The van der Waals surface area contributed by atoms with Crippen LogP contribution < -0.4 is 0 Å². The molecular formula is C22H32O5. The largest absolute Gasteiger partial charge is 0.487 e. The summed E-state index contributed by atoms with van der Waals surface area (Å²) in [4.78, 5) is 24.6. The summed E-state index contributed by atoms with van der Waals surface area (Å²) in [6.45, 7) is 9.41. The van der Waals surface area contributed by atoms with E-state index in [9.17, 15) is 14.7 Å². The minimum Gasteiger partial charge on any atom is -0.487 e. The van der Waals surface area contributed by atoms with Crippen molar-refractivity contribution >= 4 is 11.8 Å². The highest BCUT2D eigenvalue weighted by molar-refractivity contribution is 5.96. The SMILES string of the molecule is CC(=O)OC1CCC(C)=CC2C3=C(CCC2(O)C(C)C)C(=O)CCC1(C)O3. The summed E-state index contributed by atoms with van der Waals surface area (Å²) in [6.07, 6.45) is 5.01. The van der Waals surface area contributed by atoms with Crippen LogP contribution in [0.15, 0.2) is 23.0 Å². The Balaban J connectivity index is 2.16. The Hall–Kier alpha value is -1.62. The number of Topliss-reactive ketones (excluding diaryl/α,β-unsaturated/α-hetero) is 1. The van der Waals surface area contributed by atoms with Crippen molar-refractivity contribution < 1.29 is 24.2 Å². The molecule has 0 fully saturated rings. The lowest BCUT2D eigenvalue weighted by atomic mass is 9.68. The van der Waals surface area contributed by atoms with Crippen molar-refractivity contribution in [3.8, 4) is 0 Å². The van der Waals surface area contributed by atoms with E-state index < -0.39 is 17.3 Å². The summed E-state index contributed by atoms with van der Waals surface area (Å²) >= 11 is 0. The second-order valence-electron chi connectivity index (χ2n) is 8.95. The molecule has 2 bridgehead atoms. The normalized spacial score (nSPS) is 36.9. The highest BCUT2D eigenvalue weighted by Crippen LogP contribution is 2.49. The molecule has 0 spiro atoms. The molecule has 4 unspecified atom stereocenters. The fraction of sp³-hybridized carbons (Fsp3) is 0.727. The number of allylic oxidation sites excluding steroid dienone is 2. The van der Waals surface area contributed by atoms with E-state index in [-0.39, 0.29) is 23.6 Å². The number of carbonyl (C=O) groups excluding carboxylic acids is 2. The maximum atomic E-state index is 12.9. The molecule has 150 valence electrons. The van der Waals surface area contributed by atoms with Crippen molar-refractivity contribution in [1.82, 2.24) is 0 Å². The molecule has 1 N–H and O–H groups in total. The standard InChI is InChI=1S/C22H32O5/c1-13(2)22(25)11-8-16-18(24)9-10-21(5)19(26-15(4)23)7-6-14(3)12-17(22)20(16)27-21/h12-13,17,19,25H,6-11H2,1-5H3. The summed E-state index contributed by atoms with van der Waals surface area (Å²) in [5, 5.41) is 11.5. The summed E-state index contributed by atoms with van der Waals surface area (Å²) in [5.74, 6) is 0.0329.